The second-order valence-electron chi connectivity index (χ2n) is 7.88. The van der Waals surface area contributed by atoms with Gasteiger partial charge in [-0.3, -0.25) is 4.90 Å². The molecular weight excluding hydrogens is 376 g/mol. The van der Waals surface area contributed by atoms with Gasteiger partial charge in [0.15, 0.2) is 0 Å². The SMILES string of the molecule is CC(C)(C)c1ncc2c(n1)CCN(Cc1c[nH]c3cc(Br)ccc13)C2. The first-order chi connectivity index (χ1) is 11.9. The third-order valence-corrected chi connectivity index (χ3v) is 5.30. The molecule has 1 N–H and O–H groups in total. The van der Waals surface area contributed by atoms with E-state index in [-0.39, 0.29) is 5.41 Å². The van der Waals surface area contributed by atoms with Crippen LogP contribution < -0.4 is 0 Å². The first-order valence-electron chi connectivity index (χ1n) is 8.73. The highest BCUT2D eigenvalue weighted by atomic mass is 79.9. The van der Waals surface area contributed by atoms with Gasteiger partial charge in [0.05, 0.1) is 0 Å². The molecule has 3 heterocycles. The Labute approximate surface area is 156 Å². The predicted molar refractivity (Wildman–Crippen MR) is 105 cm³/mol. The van der Waals surface area contributed by atoms with Crippen LogP contribution in [0.5, 0.6) is 0 Å². The Balaban J connectivity index is 1.54. The molecule has 1 aliphatic heterocycles. The average molecular weight is 399 g/mol. The second-order valence-corrected chi connectivity index (χ2v) is 8.80. The maximum Gasteiger partial charge on any atom is 0.133 e. The summed E-state index contributed by atoms with van der Waals surface area (Å²) in [5, 5.41) is 1.30. The molecule has 0 unspecified atom stereocenters. The van der Waals surface area contributed by atoms with Crippen LogP contribution in [0.4, 0.5) is 0 Å². The maximum atomic E-state index is 4.83. The normalized spacial score (nSPS) is 15.5. The van der Waals surface area contributed by atoms with Crippen molar-refractivity contribution in [1.29, 1.82) is 0 Å². The van der Waals surface area contributed by atoms with Crippen LogP contribution in [-0.4, -0.2) is 26.4 Å². The number of halogens is 1. The lowest BCUT2D eigenvalue weighted by Gasteiger charge is -2.29. The zero-order valence-corrected chi connectivity index (χ0v) is 16.5. The number of benzene rings is 1. The Kier molecular flexibility index (Phi) is 4.16. The Morgan fingerprint density at radius 1 is 1.28 bits per heavy atom. The van der Waals surface area contributed by atoms with Crippen molar-refractivity contribution in [3.63, 3.8) is 0 Å². The highest BCUT2D eigenvalue weighted by Crippen LogP contribution is 2.26. The fourth-order valence-electron chi connectivity index (χ4n) is 3.40. The standard InChI is InChI=1S/C20H23BrN4/c1-20(2,3)19-23-10-14-12-25(7-6-17(14)24-19)11-13-9-22-18-8-15(21)4-5-16(13)18/h4-5,8-10,22H,6-7,11-12H2,1-3H3. The van der Waals surface area contributed by atoms with Gasteiger partial charge >= 0.3 is 0 Å². The molecule has 0 aliphatic carbocycles. The number of H-pyrrole nitrogens is 1. The molecule has 0 radical (unpaired) electrons. The van der Waals surface area contributed by atoms with Crippen LogP contribution in [0, 0.1) is 0 Å². The molecule has 0 saturated heterocycles. The molecule has 4 rings (SSSR count). The molecule has 25 heavy (non-hydrogen) atoms. The first-order valence-corrected chi connectivity index (χ1v) is 9.52. The van der Waals surface area contributed by atoms with Crippen LogP contribution in [0.25, 0.3) is 10.9 Å². The zero-order valence-electron chi connectivity index (χ0n) is 14.9. The van der Waals surface area contributed by atoms with E-state index >= 15 is 0 Å². The van der Waals surface area contributed by atoms with Crippen LogP contribution in [-0.2, 0) is 24.9 Å². The highest BCUT2D eigenvalue weighted by Gasteiger charge is 2.23. The van der Waals surface area contributed by atoms with Crippen LogP contribution in [0.1, 0.15) is 43.4 Å². The molecule has 0 bridgehead atoms. The summed E-state index contributed by atoms with van der Waals surface area (Å²) in [5.74, 6) is 0.946. The van der Waals surface area contributed by atoms with Crippen molar-refractivity contribution in [3.8, 4) is 0 Å². The Morgan fingerprint density at radius 2 is 2.12 bits per heavy atom. The lowest BCUT2D eigenvalue weighted by molar-refractivity contribution is 0.243. The molecule has 0 saturated carbocycles. The molecule has 0 spiro atoms. The van der Waals surface area contributed by atoms with E-state index in [0.29, 0.717) is 0 Å². The van der Waals surface area contributed by atoms with E-state index in [1.165, 1.54) is 27.7 Å². The largest absolute Gasteiger partial charge is 0.361 e. The molecule has 130 valence electrons. The number of hydrogen-bond acceptors (Lipinski definition) is 3. The van der Waals surface area contributed by atoms with Crippen LogP contribution in [0.2, 0.25) is 0 Å². The van der Waals surface area contributed by atoms with Gasteiger partial charge in [0.2, 0.25) is 0 Å². The van der Waals surface area contributed by atoms with E-state index in [9.17, 15) is 0 Å². The molecule has 1 aromatic carbocycles. The van der Waals surface area contributed by atoms with Crippen molar-refractivity contribution >= 4 is 26.8 Å². The summed E-state index contributed by atoms with van der Waals surface area (Å²) >= 11 is 3.53. The van der Waals surface area contributed by atoms with Gasteiger partial charge in [0, 0.05) is 70.5 Å². The number of nitrogens with zero attached hydrogens (tertiary/aromatic N) is 3. The van der Waals surface area contributed by atoms with Gasteiger partial charge in [0.1, 0.15) is 5.82 Å². The molecule has 1 aliphatic rings. The fourth-order valence-corrected chi connectivity index (χ4v) is 3.76. The van der Waals surface area contributed by atoms with Crippen LogP contribution in [0.3, 0.4) is 0 Å². The molecule has 2 aromatic heterocycles. The van der Waals surface area contributed by atoms with Crippen molar-refractivity contribution in [1.82, 2.24) is 19.9 Å². The molecule has 3 aromatic rings. The Morgan fingerprint density at radius 3 is 2.92 bits per heavy atom. The number of aromatic nitrogens is 3. The fraction of sp³-hybridized carbons (Fsp3) is 0.400. The van der Waals surface area contributed by atoms with Gasteiger partial charge in [-0.2, -0.15) is 0 Å². The molecule has 5 heteroatoms. The Hall–Kier alpha value is -1.72. The number of hydrogen-bond donors (Lipinski definition) is 1. The summed E-state index contributed by atoms with van der Waals surface area (Å²) in [5.41, 5.74) is 5.02. The third kappa shape index (κ3) is 3.35. The van der Waals surface area contributed by atoms with Crippen molar-refractivity contribution in [3.05, 3.63) is 57.7 Å². The topological polar surface area (TPSA) is 44.8 Å². The van der Waals surface area contributed by atoms with Gasteiger partial charge in [-0.1, -0.05) is 42.8 Å². The van der Waals surface area contributed by atoms with Crippen molar-refractivity contribution in [2.24, 2.45) is 0 Å². The van der Waals surface area contributed by atoms with Crippen molar-refractivity contribution in [2.75, 3.05) is 6.54 Å². The van der Waals surface area contributed by atoms with E-state index in [4.69, 9.17) is 4.98 Å². The highest BCUT2D eigenvalue weighted by molar-refractivity contribution is 9.10. The minimum atomic E-state index is 0.00444. The summed E-state index contributed by atoms with van der Waals surface area (Å²) in [6.07, 6.45) is 5.15. The molecule has 0 fully saturated rings. The Bertz CT molecular complexity index is 923. The van der Waals surface area contributed by atoms with E-state index in [1.54, 1.807) is 0 Å². The second kappa shape index (κ2) is 6.22. The minimum Gasteiger partial charge on any atom is -0.361 e. The number of nitrogens with one attached hydrogen (secondary N) is 1. The number of rotatable bonds is 2. The van der Waals surface area contributed by atoms with Gasteiger partial charge < -0.3 is 4.98 Å². The van der Waals surface area contributed by atoms with Crippen LogP contribution in [0.15, 0.2) is 35.1 Å². The quantitative estimate of drug-likeness (QED) is 0.686. The maximum absolute atomic E-state index is 4.83. The van der Waals surface area contributed by atoms with E-state index in [0.717, 1.165) is 36.4 Å². The van der Waals surface area contributed by atoms with Gasteiger partial charge in [-0.05, 0) is 17.7 Å². The number of aromatic amines is 1. The van der Waals surface area contributed by atoms with Gasteiger partial charge in [-0.25, -0.2) is 9.97 Å². The molecular formula is C20H23BrN4. The zero-order chi connectivity index (χ0) is 17.6. The van der Waals surface area contributed by atoms with Gasteiger partial charge in [-0.15, -0.1) is 0 Å². The van der Waals surface area contributed by atoms with Gasteiger partial charge in [0.25, 0.3) is 0 Å². The summed E-state index contributed by atoms with van der Waals surface area (Å²) in [7, 11) is 0. The smallest absolute Gasteiger partial charge is 0.133 e. The minimum absolute atomic E-state index is 0.00444. The third-order valence-electron chi connectivity index (χ3n) is 4.81. The van der Waals surface area contributed by atoms with Crippen molar-refractivity contribution < 1.29 is 0 Å². The van der Waals surface area contributed by atoms with Crippen LogP contribution >= 0.6 is 15.9 Å². The molecule has 0 atom stereocenters. The summed E-state index contributed by atoms with van der Waals surface area (Å²) in [6.45, 7) is 9.40. The average Bonchev–Trinajstić information content (AvgIpc) is 2.95. The lowest BCUT2D eigenvalue weighted by Crippen LogP contribution is -2.31. The molecule has 4 nitrogen and oxygen atoms in total. The van der Waals surface area contributed by atoms with E-state index in [2.05, 4.69) is 76.0 Å². The first kappa shape index (κ1) is 16.7. The predicted octanol–water partition coefficient (Wildman–Crippen LogP) is 4.58. The summed E-state index contributed by atoms with van der Waals surface area (Å²) in [6, 6.07) is 6.42. The van der Waals surface area contributed by atoms with Crippen molar-refractivity contribution in [2.45, 2.75) is 45.7 Å². The summed E-state index contributed by atoms with van der Waals surface area (Å²) in [4.78, 5) is 15.3. The monoisotopic (exact) mass is 398 g/mol. The van der Waals surface area contributed by atoms with E-state index < -0.39 is 0 Å². The van der Waals surface area contributed by atoms with E-state index in [1.807, 2.05) is 6.20 Å². The summed E-state index contributed by atoms with van der Waals surface area (Å²) < 4.78 is 1.10. The lowest BCUT2D eigenvalue weighted by atomic mass is 9.95. The molecule has 0 amide bonds. The number of fused-ring (bicyclic) bond motifs is 2.